The van der Waals surface area contributed by atoms with Crippen LogP contribution in [0.2, 0.25) is 0 Å². The number of carbonyl (C=O) groups excluding carboxylic acids is 1. The number of aliphatic carboxylic acids is 1. The Morgan fingerprint density at radius 3 is 2.06 bits per heavy atom. The zero-order valence-electron chi connectivity index (χ0n) is 9.91. The quantitative estimate of drug-likeness (QED) is 0.864. The molecule has 1 amide bonds. The van der Waals surface area contributed by atoms with Gasteiger partial charge in [0.1, 0.15) is 17.7 Å². The Bertz CT molecular complexity index is 454. The number of benzene rings is 1. The third-order valence-corrected chi connectivity index (χ3v) is 2.34. The summed E-state index contributed by atoms with van der Waals surface area (Å²) in [6.07, 6.45) is 0. The van der Waals surface area contributed by atoms with E-state index in [1.807, 2.05) is 0 Å². The van der Waals surface area contributed by atoms with Crippen LogP contribution in [0.4, 0.5) is 8.78 Å². The third-order valence-electron chi connectivity index (χ3n) is 2.34. The molecule has 0 spiro atoms. The van der Waals surface area contributed by atoms with Crippen molar-refractivity contribution in [1.29, 1.82) is 0 Å². The fraction of sp³-hybridized carbons (Fsp3) is 0.333. The number of amides is 1. The molecule has 0 aliphatic carbocycles. The molecule has 0 aliphatic heterocycles. The van der Waals surface area contributed by atoms with Gasteiger partial charge in [0.25, 0.3) is 5.91 Å². The molecule has 4 nitrogen and oxygen atoms in total. The van der Waals surface area contributed by atoms with Crippen LogP contribution in [0, 0.1) is 17.6 Å². The molecule has 0 fully saturated rings. The molecular weight excluding hydrogens is 244 g/mol. The van der Waals surface area contributed by atoms with Gasteiger partial charge in [0, 0.05) is 11.6 Å². The fourth-order valence-electron chi connectivity index (χ4n) is 1.42. The van der Waals surface area contributed by atoms with Crippen molar-refractivity contribution in [2.24, 2.45) is 5.92 Å². The number of halogens is 2. The second-order valence-electron chi connectivity index (χ2n) is 4.19. The molecule has 1 aromatic rings. The average molecular weight is 257 g/mol. The largest absolute Gasteiger partial charge is 0.480 e. The molecule has 18 heavy (non-hydrogen) atoms. The number of nitrogens with one attached hydrogen (secondary N) is 1. The first-order chi connectivity index (χ1) is 8.31. The maximum atomic E-state index is 12.9. The molecule has 0 saturated carbocycles. The van der Waals surface area contributed by atoms with Gasteiger partial charge < -0.3 is 10.4 Å². The molecule has 1 rings (SSSR count). The molecule has 1 aromatic carbocycles. The number of carboxylic acids is 1. The van der Waals surface area contributed by atoms with Crippen LogP contribution in [0.3, 0.4) is 0 Å². The van der Waals surface area contributed by atoms with Gasteiger partial charge in [-0.1, -0.05) is 13.8 Å². The predicted octanol–water partition coefficient (Wildman–Crippen LogP) is 1.80. The zero-order chi connectivity index (χ0) is 13.9. The van der Waals surface area contributed by atoms with Gasteiger partial charge in [-0.25, -0.2) is 13.6 Å². The Hall–Kier alpha value is -1.98. The Kier molecular flexibility index (Phi) is 4.36. The summed E-state index contributed by atoms with van der Waals surface area (Å²) in [7, 11) is 0. The van der Waals surface area contributed by atoms with E-state index in [1.165, 1.54) is 0 Å². The van der Waals surface area contributed by atoms with E-state index in [-0.39, 0.29) is 11.5 Å². The predicted molar refractivity (Wildman–Crippen MR) is 60.1 cm³/mol. The van der Waals surface area contributed by atoms with Crippen molar-refractivity contribution < 1.29 is 23.5 Å². The van der Waals surface area contributed by atoms with Crippen LogP contribution in [0.5, 0.6) is 0 Å². The molecule has 1 atom stereocenters. The fourth-order valence-corrected chi connectivity index (χ4v) is 1.42. The lowest BCUT2D eigenvalue weighted by Crippen LogP contribution is -2.44. The van der Waals surface area contributed by atoms with E-state index in [0.29, 0.717) is 6.07 Å². The van der Waals surface area contributed by atoms with Gasteiger partial charge in [-0.15, -0.1) is 0 Å². The lowest BCUT2D eigenvalue weighted by Gasteiger charge is -2.17. The lowest BCUT2D eigenvalue weighted by atomic mass is 10.0. The molecule has 0 heterocycles. The summed E-state index contributed by atoms with van der Waals surface area (Å²) in [5.41, 5.74) is -0.251. The van der Waals surface area contributed by atoms with E-state index in [9.17, 15) is 18.4 Å². The van der Waals surface area contributed by atoms with Crippen molar-refractivity contribution in [3.05, 3.63) is 35.4 Å². The summed E-state index contributed by atoms with van der Waals surface area (Å²) < 4.78 is 25.8. The van der Waals surface area contributed by atoms with Crippen molar-refractivity contribution in [3.63, 3.8) is 0 Å². The van der Waals surface area contributed by atoms with Gasteiger partial charge >= 0.3 is 5.97 Å². The SMILES string of the molecule is CC(C)[C@@H](NC(=O)c1cc(F)cc(F)c1)C(=O)O. The third kappa shape index (κ3) is 3.51. The van der Waals surface area contributed by atoms with Crippen molar-refractivity contribution in [2.45, 2.75) is 19.9 Å². The maximum Gasteiger partial charge on any atom is 0.326 e. The van der Waals surface area contributed by atoms with E-state index in [0.717, 1.165) is 12.1 Å². The minimum Gasteiger partial charge on any atom is -0.480 e. The smallest absolute Gasteiger partial charge is 0.326 e. The lowest BCUT2D eigenvalue weighted by molar-refractivity contribution is -0.140. The van der Waals surface area contributed by atoms with E-state index in [1.54, 1.807) is 13.8 Å². The number of rotatable bonds is 4. The Morgan fingerprint density at radius 1 is 1.17 bits per heavy atom. The highest BCUT2D eigenvalue weighted by Gasteiger charge is 2.24. The van der Waals surface area contributed by atoms with Crippen LogP contribution in [0.1, 0.15) is 24.2 Å². The van der Waals surface area contributed by atoms with E-state index in [2.05, 4.69) is 5.32 Å². The van der Waals surface area contributed by atoms with Crippen molar-refractivity contribution >= 4 is 11.9 Å². The zero-order valence-corrected chi connectivity index (χ0v) is 9.91. The second kappa shape index (κ2) is 5.57. The van der Waals surface area contributed by atoms with E-state index >= 15 is 0 Å². The number of carboxylic acid groups (broad SMARTS) is 1. The summed E-state index contributed by atoms with van der Waals surface area (Å²) in [6.45, 7) is 3.23. The summed E-state index contributed by atoms with van der Waals surface area (Å²) in [5.74, 6) is -4.15. The van der Waals surface area contributed by atoms with Crippen molar-refractivity contribution in [1.82, 2.24) is 5.32 Å². The van der Waals surface area contributed by atoms with Crippen LogP contribution in [-0.2, 0) is 4.79 Å². The Labute approximate surface area is 103 Å². The van der Waals surface area contributed by atoms with E-state index in [4.69, 9.17) is 5.11 Å². The molecule has 98 valence electrons. The van der Waals surface area contributed by atoms with Gasteiger partial charge in [0.05, 0.1) is 0 Å². The summed E-state index contributed by atoms with van der Waals surface area (Å²) in [5, 5.41) is 11.1. The van der Waals surface area contributed by atoms with E-state index < -0.39 is 29.6 Å². The highest BCUT2D eigenvalue weighted by molar-refractivity contribution is 5.96. The average Bonchev–Trinajstić information content (AvgIpc) is 2.23. The van der Waals surface area contributed by atoms with Gasteiger partial charge in [-0.3, -0.25) is 4.79 Å². The number of carbonyl (C=O) groups is 2. The highest BCUT2D eigenvalue weighted by atomic mass is 19.1. The summed E-state index contributed by atoms with van der Waals surface area (Å²) in [6, 6.07) is 1.22. The second-order valence-corrected chi connectivity index (χ2v) is 4.19. The van der Waals surface area contributed by atoms with Gasteiger partial charge in [-0.2, -0.15) is 0 Å². The maximum absolute atomic E-state index is 12.9. The van der Waals surface area contributed by atoms with Crippen molar-refractivity contribution in [2.75, 3.05) is 0 Å². The standard InChI is InChI=1S/C12H13F2NO3/c1-6(2)10(12(17)18)15-11(16)7-3-8(13)5-9(14)4-7/h3-6,10H,1-2H3,(H,15,16)(H,17,18)/t10-/m1/s1. The van der Waals surface area contributed by atoms with Crippen molar-refractivity contribution in [3.8, 4) is 0 Å². The summed E-state index contributed by atoms with van der Waals surface area (Å²) in [4.78, 5) is 22.5. The van der Waals surface area contributed by atoms with Crippen LogP contribution in [0.15, 0.2) is 18.2 Å². The molecule has 0 bridgehead atoms. The van der Waals surface area contributed by atoms with Gasteiger partial charge in [0.2, 0.25) is 0 Å². The first kappa shape index (κ1) is 14.1. The Balaban J connectivity index is 2.90. The highest BCUT2D eigenvalue weighted by Crippen LogP contribution is 2.09. The molecular formula is C12H13F2NO3. The first-order valence-corrected chi connectivity index (χ1v) is 5.31. The first-order valence-electron chi connectivity index (χ1n) is 5.31. The molecule has 0 radical (unpaired) electrons. The number of hydrogen-bond donors (Lipinski definition) is 2. The molecule has 0 aromatic heterocycles. The van der Waals surface area contributed by atoms with Gasteiger partial charge in [-0.05, 0) is 18.1 Å². The normalized spacial score (nSPS) is 12.3. The van der Waals surface area contributed by atoms with Crippen LogP contribution in [0.25, 0.3) is 0 Å². The van der Waals surface area contributed by atoms with Gasteiger partial charge in [0.15, 0.2) is 0 Å². The molecule has 0 saturated heterocycles. The van der Waals surface area contributed by atoms with Crippen LogP contribution < -0.4 is 5.32 Å². The number of hydrogen-bond acceptors (Lipinski definition) is 2. The molecule has 2 N–H and O–H groups in total. The minimum atomic E-state index is -1.20. The molecule has 0 unspecified atom stereocenters. The Morgan fingerprint density at radius 2 is 1.67 bits per heavy atom. The molecule has 6 heteroatoms. The summed E-state index contributed by atoms with van der Waals surface area (Å²) >= 11 is 0. The monoisotopic (exact) mass is 257 g/mol. The van der Waals surface area contributed by atoms with Crippen LogP contribution in [-0.4, -0.2) is 23.0 Å². The topological polar surface area (TPSA) is 66.4 Å². The molecule has 0 aliphatic rings. The van der Waals surface area contributed by atoms with Crippen LogP contribution >= 0.6 is 0 Å². The minimum absolute atomic E-state index is 0.251.